The number of aromatic nitrogens is 3. The predicted octanol–water partition coefficient (Wildman–Crippen LogP) is 1.89. The topological polar surface area (TPSA) is 69.0 Å². The van der Waals surface area contributed by atoms with Crippen molar-refractivity contribution >= 4 is 5.91 Å². The van der Waals surface area contributed by atoms with Crippen molar-refractivity contribution < 1.29 is 9.53 Å². The second-order valence-corrected chi connectivity index (χ2v) is 6.78. The lowest BCUT2D eigenvalue weighted by molar-refractivity contribution is -0.127. The molecule has 1 atom stereocenters. The normalized spacial score (nSPS) is 19.0. The predicted molar refractivity (Wildman–Crippen MR) is 89.0 cm³/mol. The van der Waals surface area contributed by atoms with E-state index < -0.39 is 6.10 Å². The Balaban J connectivity index is 1.32. The number of hydrogen-bond donors (Lipinski definition) is 1. The summed E-state index contributed by atoms with van der Waals surface area (Å²) in [6.45, 7) is 4.69. The smallest absolute Gasteiger partial charge is 0.261 e. The van der Waals surface area contributed by atoms with Crippen LogP contribution in [0.15, 0.2) is 18.5 Å². The Kier molecular flexibility index (Phi) is 3.75. The van der Waals surface area contributed by atoms with E-state index in [0.29, 0.717) is 25.4 Å². The molecule has 126 valence electrons. The second-order valence-electron chi connectivity index (χ2n) is 6.78. The lowest BCUT2D eigenvalue weighted by atomic mass is 10.0. The highest BCUT2D eigenvalue weighted by Gasteiger charge is 2.30. The summed E-state index contributed by atoms with van der Waals surface area (Å²) in [6.07, 6.45) is 5.09. The summed E-state index contributed by atoms with van der Waals surface area (Å²) in [6, 6.07) is 4.70. The molecule has 1 aliphatic heterocycles. The van der Waals surface area contributed by atoms with Crippen molar-refractivity contribution in [1.29, 1.82) is 0 Å². The van der Waals surface area contributed by atoms with Crippen molar-refractivity contribution in [2.75, 3.05) is 6.54 Å². The lowest BCUT2D eigenvalue weighted by Gasteiger charge is -2.11. The lowest BCUT2D eigenvalue weighted by Crippen LogP contribution is -2.38. The van der Waals surface area contributed by atoms with Gasteiger partial charge in [-0.25, -0.2) is 0 Å². The van der Waals surface area contributed by atoms with Crippen LogP contribution in [0, 0.1) is 13.8 Å². The molecule has 1 saturated carbocycles. The Hall–Kier alpha value is -2.37. The molecule has 1 fully saturated rings. The number of rotatable bonds is 5. The molecule has 1 aromatic heterocycles. The average Bonchev–Trinajstić information content (AvgIpc) is 3.15. The number of aryl methyl sites for hydroxylation is 2. The van der Waals surface area contributed by atoms with Crippen LogP contribution in [0.4, 0.5) is 0 Å². The summed E-state index contributed by atoms with van der Waals surface area (Å²) >= 11 is 0. The number of nitrogens with zero attached hydrogens (tertiary/aromatic N) is 3. The first-order chi connectivity index (χ1) is 11.6. The Morgan fingerprint density at radius 3 is 2.92 bits per heavy atom. The van der Waals surface area contributed by atoms with Crippen LogP contribution < -0.4 is 10.1 Å². The van der Waals surface area contributed by atoms with E-state index in [4.69, 9.17) is 4.74 Å². The molecule has 2 aliphatic rings. The van der Waals surface area contributed by atoms with Gasteiger partial charge in [-0.1, -0.05) is 6.07 Å². The number of benzene rings is 1. The van der Waals surface area contributed by atoms with Gasteiger partial charge in [0.25, 0.3) is 5.91 Å². The first-order valence-electron chi connectivity index (χ1n) is 8.54. The summed E-state index contributed by atoms with van der Waals surface area (Å²) < 4.78 is 7.94. The molecule has 2 aromatic rings. The molecule has 2 heterocycles. The molecule has 1 N–H and O–H groups in total. The van der Waals surface area contributed by atoms with Crippen molar-refractivity contribution in [3.8, 4) is 5.75 Å². The number of nitrogens with one attached hydrogen (secondary N) is 1. The maximum atomic E-state index is 12.4. The average molecular weight is 326 g/mol. The maximum Gasteiger partial charge on any atom is 0.261 e. The number of fused-ring (bicyclic) bond motifs is 1. The van der Waals surface area contributed by atoms with E-state index in [9.17, 15) is 4.79 Å². The monoisotopic (exact) mass is 326 g/mol. The van der Waals surface area contributed by atoms with Crippen molar-refractivity contribution in [2.45, 2.75) is 51.7 Å². The van der Waals surface area contributed by atoms with Crippen LogP contribution in [-0.2, 0) is 17.6 Å². The molecule has 0 bridgehead atoms. The van der Waals surface area contributed by atoms with Gasteiger partial charge in [-0.15, -0.1) is 10.2 Å². The van der Waals surface area contributed by atoms with Gasteiger partial charge in [0.2, 0.25) is 0 Å². The number of carbonyl (C=O) groups excluding carboxylic acids is 1. The SMILES string of the molecule is Cc1cc2c(cc1C)O[C@H](C(=O)NCCc1nncn1C1CC1)C2. The number of hydrogen-bond acceptors (Lipinski definition) is 4. The van der Waals surface area contributed by atoms with Gasteiger partial charge in [-0.05, 0) is 49.4 Å². The highest BCUT2D eigenvalue weighted by Crippen LogP contribution is 2.35. The summed E-state index contributed by atoms with van der Waals surface area (Å²) in [5.74, 6) is 1.73. The second kappa shape index (κ2) is 5.92. The molecular formula is C18H22N4O2. The zero-order chi connectivity index (χ0) is 16.7. The summed E-state index contributed by atoms with van der Waals surface area (Å²) in [7, 11) is 0. The zero-order valence-electron chi connectivity index (χ0n) is 14.1. The van der Waals surface area contributed by atoms with Crippen LogP contribution in [0.1, 0.15) is 41.4 Å². The third-order valence-corrected chi connectivity index (χ3v) is 4.88. The minimum absolute atomic E-state index is 0.0565. The largest absolute Gasteiger partial charge is 0.480 e. The van der Waals surface area contributed by atoms with Crippen LogP contribution in [0.3, 0.4) is 0 Å². The van der Waals surface area contributed by atoms with Crippen LogP contribution in [0.25, 0.3) is 0 Å². The highest BCUT2D eigenvalue weighted by molar-refractivity contribution is 5.82. The fourth-order valence-electron chi connectivity index (χ4n) is 3.17. The molecule has 1 aliphatic carbocycles. The molecule has 6 heteroatoms. The number of ether oxygens (including phenoxy) is 1. The molecule has 0 spiro atoms. The summed E-state index contributed by atoms with van der Waals surface area (Å²) in [4.78, 5) is 12.4. The third-order valence-electron chi connectivity index (χ3n) is 4.88. The van der Waals surface area contributed by atoms with E-state index in [0.717, 1.165) is 17.1 Å². The molecule has 0 unspecified atom stereocenters. The van der Waals surface area contributed by atoms with E-state index in [2.05, 4.69) is 40.0 Å². The quantitative estimate of drug-likeness (QED) is 0.911. The molecule has 24 heavy (non-hydrogen) atoms. The van der Waals surface area contributed by atoms with Gasteiger partial charge in [-0.2, -0.15) is 0 Å². The van der Waals surface area contributed by atoms with E-state index in [1.807, 2.05) is 6.07 Å². The molecule has 0 radical (unpaired) electrons. The fourth-order valence-corrected chi connectivity index (χ4v) is 3.17. The molecule has 1 aromatic carbocycles. The fraction of sp³-hybridized carbons (Fsp3) is 0.500. The number of amides is 1. The molecule has 4 rings (SSSR count). The van der Waals surface area contributed by atoms with Crippen molar-refractivity contribution in [3.63, 3.8) is 0 Å². The summed E-state index contributed by atoms with van der Waals surface area (Å²) in [5, 5.41) is 11.1. The Morgan fingerprint density at radius 1 is 1.33 bits per heavy atom. The summed E-state index contributed by atoms with van der Waals surface area (Å²) in [5.41, 5.74) is 3.54. The molecule has 6 nitrogen and oxygen atoms in total. The van der Waals surface area contributed by atoms with E-state index in [-0.39, 0.29) is 5.91 Å². The van der Waals surface area contributed by atoms with Crippen molar-refractivity contribution in [3.05, 3.63) is 41.0 Å². The van der Waals surface area contributed by atoms with Crippen molar-refractivity contribution in [1.82, 2.24) is 20.1 Å². The van der Waals surface area contributed by atoms with E-state index >= 15 is 0 Å². The standard InChI is InChI=1S/C18H22N4O2/c1-11-7-13-9-16(24-15(13)8-12(11)2)18(23)19-6-5-17-21-20-10-22(17)14-3-4-14/h7-8,10,14,16H,3-6,9H2,1-2H3,(H,19,23)/t16-/m0/s1. The van der Waals surface area contributed by atoms with Gasteiger partial charge in [0.15, 0.2) is 6.10 Å². The molecule has 1 amide bonds. The number of carbonyl (C=O) groups is 1. The third kappa shape index (κ3) is 2.88. The van der Waals surface area contributed by atoms with Gasteiger partial charge >= 0.3 is 0 Å². The zero-order valence-corrected chi connectivity index (χ0v) is 14.1. The van der Waals surface area contributed by atoms with Crippen LogP contribution in [-0.4, -0.2) is 33.3 Å². The van der Waals surface area contributed by atoms with Gasteiger partial charge in [0.1, 0.15) is 17.9 Å². The Morgan fingerprint density at radius 2 is 2.12 bits per heavy atom. The van der Waals surface area contributed by atoms with E-state index in [1.165, 1.54) is 24.0 Å². The molecule has 0 saturated heterocycles. The van der Waals surface area contributed by atoms with Gasteiger partial charge in [0, 0.05) is 25.4 Å². The van der Waals surface area contributed by atoms with Crippen molar-refractivity contribution in [2.24, 2.45) is 0 Å². The van der Waals surface area contributed by atoms with Crippen LogP contribution in [0.5, 0.6) is 5.75 Å². The maximum absolute atomic E-state index is 12.4. The van der Waals surface area contributed by atoms with Crippen LogP contribution >= 0.6 is 0 Å². The highest BCUT2D eigenvalue weighted by atomic mass is 16.5. The van der Waals surface area contributed by atoms with Gasteiger partial charge < -0.3 is 14.6 Å². The minimum atomic E-state index is -0.428. The first-order valence-corrected chi connectivity index (χ1v) is 8.54. The van der Waals surface area contributed by atoms with Crippen LogP contribution in [0.2, 0.25) is 0 Å². The first kappa shape index (κ1) is 15.2. The molecular weight excluding hydrogens is 304 g/mol. The van der Waals surface area contributed by atoms with Gasteiger partial charge in [-0.3, -0.25) is 4.79 Å². The Labute approximate surface area is 141 Å². The Bertz CT molecular complexity index is 748. The minimum Gasteiger partial charge on any atom is -0.480 e. The van der Waals surface area contributed by atoms with Gasteiger partial charge in [0.05, 0.1) is 0 Å². The van der Waals surface area contributed by atoms with E-state index in [1.54, 1.807) is 6.33 Å².